The predicted molar refractivity (Wildman–Crippen MR) is 186 cm³/mol. The number of carbonyl (C=O) groups is 2. The molecule has 0 aliphatic heterocycles. The van der Waals surface area contributed by atoms with Crippen LogP contribution >= 0.6 is 19.5 Å². The molecule has 0 spiro atoms. The van der Waals surface area contributed by atoms with E-state index in [0.29, 0.717) is 5.75 Å². The Morgan fingerprint density at radius 1 is 0.766 bits per heavy atom. The average Bonchev–Trinajstić information content (AvgIpc) is 2.97. The number of carbonyl (C=O) groups excluding carboxylic acids is 2. The molecular formula is C35H46NO9PS. The van der Waals surface area contributed by atoms with E-state index in [2.05, 4.69) is 5.32 Å². The summed E-state index contributed by atoms with van der Waals surface area (Å²) in [5, 5.41) is 2.23. The van der Waals surface area contributed by atoms with Crippen molar-refractivity contribution in [3.63, 3.8) is 0 Å². The number of alkyl carbamates (subject to hydrolysis) is 1. The molecule has 2 atom stereocenters. The summed E-state index contributed by atoms with van der Waals surface area (Å²) in [6.07, 6.45) is -1.27. The Hall–Kier alpha value is -3.60. The quantitative estimate of drug-likeness (QED) is 0.105. The summed E-state index contributed by atoms with van der Waals surface area (Å²) < 4.78 is 35.6. The van der Waals surface area contributed by atoms with E-state index in [1.807, 2.05) is 42.5 Å². The molecule has 0 radical (unpaired) electrons. The van der Waals surface area contributed by atoms with Gasteiger partial charge >= 0.3 is 283 Å². The number of thiocarbonyl (C=S) groups is 1. The van der Waals surface area contributed by atoms with Crippen molar-refractivity contribution in [1.82, 2.24) is 5.32 Å². The molecule has 0 saturated carbocycles. The number of rotatable bonds is 13. The van der Waals surface area contributed by atoms with E-state index in [0.717, 1.165) is 11.1 Å². The Morgan fingerprint density at radius 2 is 1.21 bits per heavy atom. The van der Waals surface area contributed by atoms with Crippen LogP contribution in [0.15, 0.2) is 91.0 Å². The molecule has 0 aliphatic carbocycles. The second-order valence-electron chi connectivity index (χ2n) is 13.1. The fraction of sp³-hybridized carbons (Fsp3) is 0.400. The van der Waals surface area contributed by atoms with Gasteiger partial charge in [-0.1, -0.05) is 0 Å². The molecule has 2 unspecified atom stereocenters. The number of amides is 1. The second kappa shape index (κ2) is 16.0. The molecule has 1 amide bonds. The van der Waals surface area contributed by atoms with Crippen molar-refractivity contribution < 1.29 is 42.5 Å². The van der Waals surface area contributed by atoms with Gasteiger partial charge in [0.2, 0.25) is 0 Å². The molecule has 3 rings (SSSR count). The zero-order chi connectivity index (χ0) is 34.7. The summed E-state index contributed by atoms with van der Waals surface area (Å²) in [6, 6.07) is 25.5. The van der Waals surface area contributed by atoms with Crippen LogP contribution in [0.25, 0.3) is 0 Å². The molecule has 0 fully saturated rings. The van der Waals surface area contributed by atoms with E-state index in [-0.39, 0.29) is 24.9 Å². The minimum absolute atomic E-state index is 0.0408. The third-order valence-electron chi connectivity index (χ3n) is 6.27. The van der Waals surface area contributed by atoms with E-state index in [1.54, 1.807) is 90.1 Å². The van der Waals surface area contributed by atoms with Gasteiger partial charge in [0, 0.05) is 0 Å². The summed E-state index contributed by atoms with van der Waals surface area (Å²) in [4.78, 5) is 39.4. The van der Waals surface area contributed by atoms with Crippen molar-refractivity contribution >= 4 is 36.8 Å². The molecular weight excluding hydrogens is 641 g/mol. The van der Waals surface area contributed by atoms with Crippen LogP contribution in [0.4, 0.5) is 4.79 Å². The third-order valence-corrected chi connectivity index (χ3v) is 10.1. The van der Waals surface area contributed by atoms with Gasteiger partial charge in [0.25, 0.3) is 0 Å². The number of hydrogen-bond acceptors (Lipinski definition) is 10. The Bertz CT molecular complexity index is 1440. The fourth-order valence-electron chi connectivity index (χ4n) is 4.75. The standard InChI is InChI=1S/C35H46NO9PS/c1-34(2,3)44-46(7,39,45-35(4,5)6)30(43-33(47)42-28-21-15-10-16-22-28)23-29(31(37)40-24-26-17-11-8-12-18-26)36-32(38)41-25-27-19-13-9-14-20-27/h8-22,29-30,39H,23-25H2,1-7H3,(H,36,38). The van der Waals surface area contributed by atoms with Crippen molar-refractivity contribution in [1.29, 1.82) is 0 Å². The monoisotopic (exact) mass is 687 g/mol. The van der Waals surface area contributed by atoms with Crippen molar-refractivity contribution in [3.05, 3.63) is 102 Å². The van der Waals surface area contributed by atoms with Gasteiger partial charge in [-0.05, 0) is 0 Å². The van der Waals surface area contributed by atoms with Crippen molar-refractivity contribution in [2.45, 2.75) is 84.3 Å². The number of hydrogen-bond donors (Lipinski definition) is 2. The summed E-state index contributed by atoms with van der Waals surface area (Å²) >= 11 is 5.46. The molecule has 2 N–H and O–H groups in total. The normalized spacial score (nSPS) is 14.1. The SMILES string of the molecule is CC(C)(C)OP(C)(O)(OC(C)(C)C)C(CC(NC(=O)OCc1ccccc1)C(=O)OCc1ccccc1)OC(=S)Oc1ccccc1. The van der Waals surface area contributed by atoms with Gasteiger partial charge in [-0.2, -0.15) is 0 Å². The molecule has 47 heavy (non-hydrogen) atoms. The summed E-state index contributed by atoms with van der Waals surface area (Å²) in [6.45, 7) is 11.8. The van der Waals surface area contributed by atoms with Gasteiger partial charge in [-0.15, -0.1) is 0 Å². The Kier molecular flexibility index (Phi) is 12.9. The van der Waals surface area contributed by atoms with Gasteiger partial charge < -0.3 is 0 Å². The van der Waals surface area contributed by atoms with Gasteiger partial charge in [0.1, 0.15) is 0 Å². The number of nitrogens with one attached hydrogen (secondary N) is 1. The zero-order valence-electron chi connectivity index (χ0n) is 28.0. The summed E-state index contributed by atoms with van der Waals surface area (Å²) in [7, 11) is -4.95. The minimum atomic E-state index is -4.95. The van der Waals surface area contributed by atoms with E-state index in [4.69, 9.17) is 40.2 Å². The molecule has 256 valence electrons. The number of para-hydroxylation sites is 1. The number of esters is 1. The van der Waals surface area contributed by atoms with E-state index < -0.39 is 42.4 Å². The zero-order valence-corrected chi connectivity index (χ0v) is 29.7. The predicted octanol–water partition coefficient (Wildman–Crippen LogP) is 7.67. The molecule has 10 nitrogen and oxygen atoms in total. The Labute approximate surface area is 282 Å². The first kappa shape index (κ1) is 37.9. The van der Waals surface area contributed by atoms with Crippen molar-refractivity contribution in [3.8, 4) is 5.75 Å². The van der Waals surface area contributed by atoms with E-state index in [9.17, 15) is 14.5 Å². The van der Waals surface area contributed by atoms with E-state index >= 15 is 0 Å². The molecule has 3 aromatic carbocycles. The van der Waals surface area contributed by atoms with Gasteiger partial charge in [0.05, 0.1) is 0 Å². The van der Waals surface area contributed by atoms with Crippen LogP contribution in [0, 0.1) is 0 Å². The van der Waals surface area contributed by atoms with Crippen LogP contribution < -0.4 is 10.1 Å². The molecule has 3 aromatic rings. The maximum atomic E-state index is 13.7. The molecule has 0 heterocycles. The van der Waals surface area contributed by atoms with Crippen LogP contribution in [0.2, 0.25) is 0 Å². The van der Waals surface area contributed by atoms with Crippen LogP contribution in [-0.2, 0) is 41.3 Å². The molecule has 12 heteroatoms. The third kappa shape index (κ3) is 13.2. The van der Waals surface area contributed by atoms with Gasteiger partial charge in [-0.25, -0.2) is 0 Å². The van der Waals surface area contributed by atoms with Crippen LogP contribution in [-0.4, -0.2) is 51.9 Å². The Morgan fingerprint density at radius 3 is 1.68 bits per heavy atom. The Balaban J connectivity index is 1.98. The topological polar surface area (TPSA) is 122 Å². The van der Waals surface area contributed by atoms with Crippen molar-refractivity contribution in [2.24, 2.45) is 0 Å². The van der Waals surface area contributed by atoms with Gasteiger partial charge in [0.15, 0.2) is 0 Å². The molecule has 0 saturated heterocycles. The first-order valence-corrected chi connectivity index (χ1v) is 18.2. The number of ether oxygens (including phenoxy) is 4. The average molecular weight is 688 g/mol. The molecule has 0 bridgehead atoms. The summed E-state index contributed by atoms with van der Waals surface area (Å²) in [5.74, 6) is -1.86. The van der Waals surface area contributed by atoms with Crippen molar-refractivity contribution in [2.75, 3.05) is 6.66 Å². The molecule has 0 aliphatic rings. The molecule has 0 aromatic heterocycles. The van der Waals surface area contributed by atoms with E-state index in [1.165, 1.54) is 6.66 Å². The number of benzene rings is 3. The van der Waals surface area contributed by atoms with Gasteiger partial charge in [-0.3, -0.25) is 0 Å². The fourth-order valence-corrected chi connectivity index (χ4v) is 8.99. The summed E-state index contributed by atoms with van der Waals surface area (Å²) in [5.41, 5.74) is -0.398. The van der Waals surface area contributed by atoms with Crippen LogP contribution in [0.3, 0.4) is 0 Å². The first-order valence-electron chi connectivity index (χ1n) is 15.2. The van der Waals surface area contributed by atoms with Crippen LogP contribution in [0.5, 0.6) is 5.75 Å². The second-order valence-corrected chi connectivity index (χ2v) is 17.2. The van der Waals surface area contributed by atoms with Crippen LogP contribution in [0.1, 0.15) is 59.1 Å². The maximum absolute atomic E-state index is 13.7. The first-order chi connectivity index (χ1) is 21.9.